The standard InChI is InChI=1S/C12H19ClN6O5/c1-12(22,7-18-5-9(19(23)24)16-10(18)13)6-17-3-2-14-8(4-17)15-11(20)21/h5,8,14-15,22H,2-4,6-7H2,1H3,(H,20,21)/t8-,12?/m0/s1. The number of nitrogens with zero attached hydrogens (tertiary/aromatic N) is 4. The number of carboxylic acid groups (broad SMARTS) is 1. The molecule has 0 spiro atoms. The molecular formula is C12H19ClN6O5. The highest BCUT2D eigenvalue weighted by atomic mass is 35.5. The minimum atomic E-state index is -1.23. The van der Waals surface area contributed by atoms with Crippen LogP contribution >= 0.6 is 11.6 Å². The van der Waals surface area contributed by atoms with Crippen molar-refractivity contribution >= 4 is 23.5 Å². The predicted octanol–water partition coefficient (Wildman–Crippen LogP) is -0.305. The van der Waals surface area contributed by atoms with Gasteiger partial charge in [0.25, 0.3) is 0 Å². The van der Waals surface area contributed by atoms with Crippen molar-refractivity contribution in [3.63, 3.8) is 0 Å². The molecule has 24 heavy (non-hydrogen) atoms. The number of hydrogen-bond donors (Lipinski definition) is 4. The number of hydrogen-bond acceptors (Lipinski definition) is 7. The van der Waals surface area contributed by atoms with Gasteiger partial charge in [-0.2, -0.15) is 0 Å². The average molecular weight is 363 g/mol. The number of aliphatic hydroxyl groups is 1. The van der Waals surface area contributed by atoms with Crippen molar-refractivity contribution in [3.8, 4) is 0 Å². The molecule has 2 heterocycles. The Labute approximate surface area is 142 Å². The topological polar surface area (TPSA) is 146 Å². The lowest BCUT2D eigenvalue weighted by Gasteiger charge is -2.37. The van der Waals surface area contributed by atoms with E-state index in [-0.39, 0.29) is 24.2 Å². The zero-order valence-electron chi connectivity index (χ0n) is 13.0. The van der Waals surface area contributed by atoms with Crippen molar-refractivity contribution in [1.82, 2.24) is 25.1 Å². The molecule has 1 amide bonds. The maximum Gasteiger partial charge on any atom is 0.405 e. The van der Waals surface area contributed by atoms with Crippen LogP contribution < -0.4 is 10.6 Å². The van der Waals surface area contributed by atoms with Crippen LogP contribution in [0, 0.1) is 10.1 Å². The lowest BCUT2D eigenvalue weighted by molar-refractivity contribution is -0.389. The van der Waals surface area contributed by atoms with Crippen molar-refractivity contribution < 1.29 is 19.9 Å². The Balaban J connectivity index is 1.97. The van der Waals surface area contributed by atoms with Gasteiger partial charge in [-0.05, 0) is 28.4 Å². The van der Waals surface area contributed by atoms with E-state index in [1.165, 1.54) is 10.8 Å². The van der Waals surface area contributed by atoms with Crippen LogP contribution in [0.4, 0.5) is 10.6 Å². The summed E-state index contributed by atoms with van der Waals surface area (Å²) in [6.07, 6.45) is -0.382. The fourth-order valence-corrected chi connectivity index (χ4v) is 2.87. The Bertz CT molecular complexity index is 621. The predicted molar refractivity (Wildman–Crippen MR) is 83.9 cm³/mol. The van der Waals surface area contributed by atoms with E-state index in [0.29, 0.717) is 19.6 Å². The van der Waals surface area contributed by atoms with Crippen LogP contribution in [0.3, 0.4) is 0 Å². The number of nitro groups is 1. The van der Waals surface area contributed by atoms with Crippen LogP contribution in [0.2, 0.25) is 5.28 Å². The molecule has 2 atom stereocenters. The highest BCUT2D eigenvalue weighted by molar-refractivity contribution is 6.28. The number of amides is 1. The van der Waals surface area contributed by atoms with Gasteiger partial charge in [-0.25, -0.2) is 4.79 Å². The Kier molecular flexibility index (Phi) is 5.59. The summed E-state index contributed by atoms with van der Waals surface area (Å²) in [6, 6.07) is 0. The van der Waals surface area contributed by atoms with E-state index < -0.39 is 22.8 Å². The minimum Gasteiger partial charge on any atom is -0.465 e. The summed E-state index contributed by atoms with van der Waals surface area (Å²) in [5.74, 6) is -0.385. The Morgan fingerprint density at radius 1 is 1.67 bits per heavy atom. The average Bonchev–Trinajstić information content (AvgIpc) is 2.78. The van der Waals surface area contributed by atoms with Crippen molar-refractivity contribution in [3.05, 3.63) is 21.6 Å². The number of imidazole rings is 1. The molecule has 1 unspecified atom stereocenters. The van der Waals surface area contributed by atoms with Crippen molar-refractivity contribution in [2.75, 3.05) is 26.2 Å². The molecule has 134 valence electrons. The summed E-state index contributed by atoms with van der Waals surface area (Å²) in [5, 5.41) is 35.3. The van der Waals surface area contributed by atoms with E-state index in [4.69, 9.17) is 16.7 Å². The number of rotatable bonds is 6. The first-order chi connectivity index (χ1) is 11.2. The molecule has 0 saturated carbocycles. The highest BCUT2D eigenvalue weighted by Gasteiger charge is 2.30. The van der Waals surface area contributed by atoms with Crippen LogP contribution in [0.25, 0.3) is 0 Å². The lowest BCUT2D eigenvalue weighted by atomic mass is 10.1. The number of halogens is 1. The maximum atomic E-state index is 10.7. The van der Waals surface area contributed by atoms with Crippen LogP contribution in [0.1, 0.15) is 6.92 Å². The van der Waals surface area contributed by atoms with Gasteiger partial charge in [0, 0.05) is 26.2 Å². The van der Waals surface area contributed by atoms with E-state index in [1.807, 2.05) is 4.90 Å². The lowest BCUT2D eigenvalue weighted by Crippen LogP contribution is -2.60. The molecule has 1 aliphatic heterocycles. The number of nitrogens with one attached hydrogen (secondary N) is 2. The quantitative estimate of drug-likeness (QED) is 0.398. The SMILES string of the molecule is CC(O)(CN1CCN[C@@H](NC(=O)O)C1)Cn1cc([N+](=O)[O-])nc1Cl. The Morgan fingerprint density at radius 2 is 2.38 bits per heavy atom. The zero-order chi connectivity index (χ0) is 17.9. The van der Waals surface area contributed by atoms with Gasteiger partial charge < -0.3 is 25.6 Å². The van der Waals surface area contributed by atoms with Gasteiger partial charge >= 0.3 is 17.2 Å². The second kappa shape index (κ2) is 7.30. The van der Waals surface area contributed by atoms with Crippen molar-refractivity contribution in [1.29, 1.82) is 0 Å². The van der Waals surface area contributed by atoms with Crippen LogP contribution in [0.5, 0.6) is 0 Å². The molecule has 2 rings (SSSR count). The van der Waals surface area contributed by atoms with E-state index in [0.717, 1.165) is 0 Å². The summed E-state index contributed by atoms with van der Waals surface area (Å²) in [7, 11) is 0. The van der Waals surface area contributed by atoms with Gasteiger partial charge in [0.2, 0.25) is 0 Å². The number of aromatic nitrogens is 2. The first-order valence-corrected chi connectivity index (χ1v) is 7.59. The summed E-state index contributed by atoms with van der Waals surface area (Å²) in [6.45, 7) is 3.43. The smallest absolute Gasteiger partial charge is 0.405 e. The highest BCUT2D eigenvalue weighted by Crippen LogP contribution is 2.19. The molecule has 0 aliphatic carbocycles. The first kappa shape index (κ1) is 18.4. The van der Waals surface area contributed by atoms with Gasteiger partial charge in [0.1, 0.15) is 6.20 Å². The summed E-state index contributed by atoms with van der Waals surface area (Å²) in [5.41, 5.74) is -1.23. The minimum absolute atomic E-state index is 0.0215. The fraction of sp³-hybridized carbons (Fsp3) is 0.667. The Hall–Kier alpha value is -1.95. The normalized spacial score (nSPS) is 21.2. The summed E-state index contributed by atoms with van der Waals surface area (Å²) in [4.78, 5) is 26.3. The van der Waals surface area contributed by atoms with Gasteiger partial charge in [0.15, 0.2) is 0 Å². The third-order valence-corrected chi connectivity index (χ3v) is 3.84. The van der Waals surface area contributed by atoms with E-state index in [9.17, 15) is 20.0 Å². The van der Waals surface area contributed by atoms with Crippen LogP contribution in [0.15, 0.2) is 6.20 Å². The monoisotopic (exact) mass is 362 g/mol. The molecule has 1 saturated heterocycles. The van der Waals surface area contributed by atoms with Crippen molar-refractivity contribution in [2.45, 2.75) is 25.2 Å². The fourth-order valence-electron chi connectivity index (χ4n) is 2.68. The maximum absolute atomic E-state index is 10.7. The van der Waals surface area contributed by atoms with Crippen LogP contribution in [-0.4, -0.2) is 73.6 Å². The molecular weight excluding hydrogens is 344 g/mol. The molecule has 1 aromatic heterocycles. The molecule has 12 heteroatoms. The molecule has 1 aliphatic rings. The number of piperazine rings is 1. The van der Waals surface area contributed by atoms with Crippen molar-refractivity contribution in [2.24, 2.45) is 0 Å². The molecule has 1 aromatic rings. The molecule has 0 aromatic carbocycles. The first-order valence-electron chi connectivity index (χ1n) is 7.21. The molecule has 0 bridgehead atoms. The second-order valence-corrected chi connectivity index (χ2v) is 6.28. The summed E-state index contributed by atoms with van der Waals surface area (Å²) < 4.78 is 1.31. The van der Waals surface area contributed by atoms with Crippen LogP contribution in [-0.2, 0) is 6.54 Å². The summed E-state index contributed by atoms with van der Waals surface area (Å²) >= 11 is 5.86. The third kappa shape index (κ3) is 5.03. The molecule has 1 fully saturated rings. The second-order valence-electron chi connectivity index (χ2n) is 5.94. The number of carbonyl (C=O) groups is 1. The number of β-amino-alcohol motifs (C(OH)–C–C–N with tert-alkyl or cyclic N) is 1. The van der Waals surface area contributed by atoms with Gasteiger partial charge in [-0.3, -0.25) is 14.8 Å². The van der Waals surface area contributed by atoms with E-state index >= 15 is 0 Å². The largest absolute Gasteiger partial charge is 0.465 e. The van der Waals surface area contributed by atoms with E-state index in [1.54, 1.807) is 6.92 Å². The molecule has 11 nitrogen and oxygen atoms in total. The third-order valence-electron chi connectivity index (χ3n) is 3.53. The zero-order valence-corrected chi connectivity index (χ0v) is 13.7. The molecule has 0 radical (unpaired) electrons. The van der Waals surface area contributed by atoms with Gasteiger partial charge in [0.05, 0.1) is 18.3 Å². The van der Waals surface area contributed by atoms with Gasteiger partial charge in [-0.1, -0.05) is 0 Å². The Morgan fingerprint density at radius 3 is 2.96 bits per heavy atom. The molecule has 4 N–H and O–H groups in total. The van der Waals surface area contributed by atoms with E-state index in [2.05, 4.69) is 15.6 Å². The van der Waals surface area contributed by atoms with Gasteiger partial charge in [-0.15, -0.1) is 0 Å².